The van der Waals surface area contributed by atoms with Gasteiger partial charge in [-0.05, 0) is 45.4 Å². The van der Waals surface area contributed by atoms with Gasteiger partial charge >= 0.3 is 0 Å². The summed E-state index contributed by atoms with van der Waals surface area (Å²) in [6, 6.07) is 0.939. The van der Waals surface area contributed by atoms with Crippen molar-refractivity contribution in [3.05, 3.63) is 12.4 Å². The van der Waals surface area contributed by atoms with Crippen LogP contribution in [0.2, 0.25) is 0 Å². The van der Waals surface area contributed by atoms with Gasteiger partial charge in [0.05, 0.1) is 6.10 Å². The summed E-state index contributed by atoms with van der Waals surface area (Å²) in [5.74, 6) is 2.37. The number of ether oxygens (including phenoxy) is 1. The lowest BCUT2D eigenvalue weighted by Crippen LogP contribution is -2.57. The molecule has 0 unspecified atom stereocenters. The monoisotopic (exact) mass is 330 g/mol. The maximum atomic E-state index is 12.3. The third-order valence-corrected chi connectivity index (χ3v) is 5.30. The summed E-state index contributed by atoms with van der Waals surface area (Å²) in [5, 5.41) is 0. The molecule has 2 aliphatic heterocycles. The highest BCUT2D eigenvalue weighted by atomic mass is 16.5. The molecule has 0 N–H and O–H groups in total. The van der Waals surface area contributed by atoms with Gasteiger partial charge in [0, 0.05) is 44.0 Å². The van der Waals surface area contributed by atoms with E-state index in [0.717, 1.165) is 31.7 Å². The summed E-state index contributed by atoms with van der Waals surface area (Å²) in [6.07, 6.45) is 8.58. The van der Waals surface area contributed by atoms with Crippen LogP contribution in [-0.2, 0) is 4.79 Å². The molecule has 3 heterocycles. The van der Waals surface area contributed by atoms with E-state index in [-0.39, 0.29) is 6.10 Å². The number of carbonyl (C=O) groups is 1. The standard InChI is InChI=1S/C18H26N4O2/c1-12(2)24-18-17(19-8-9-20-18)21-10-7-15-13(11-21)3-6-16(23)22(15)14-4-5-14/h8-9,12-15H,3-7,10-11H2,1-2H3/t13-,15+/m1/s1. The molecule has 1 saturated carbocycles. The smallest absolute Gasteiger partial charge is 0.257 e. The van der Waals surface area contributed by atoms with E-state index in [9.17, 15) is 4.79 Å². The van der Waals surface area contributed by atoms with Crippen molar-refractivity contribution in [1.82, 2.24) is 14.9 Å². The number of fused-ring (bicyclic) bond motifs is 1. The second kappa shape index (κ2) is 6.22. The van der Waals surface area contributed by atoms with Gasteiger partial charge in [-0.2, -0.15) is 0 Å². The largest absolute Gasteiger partial charge is 0.472 e. The summed E-state index contributed by atoms with van der Waals surface area (Å²) in [6.45, 7) is 5.86. The molecule has 1 aromatic rings. The van der Waals surface area contributed by atoms with E-state index in [2.05, 4.69) is 19.8 Å². The first-order chi connectivity index (χ1) is 11.6. The molecule has 24 heavy (non-hydrogen) atoms. The predicted octanol–water partition coefficient (Wildman–Crippen LogP) is 2.24. The zero-order valence-corrected chi connectivity index (χ0v) is 14.5. The highest BCUT2D eigenvalue weighted by Gasteiger charge is 2.45. The van der Waals surface area contributed by atoms with E-state index in [4.69, 9.17) is 4.74 Å². The second-order valence-corrected chi connectivity index (χ2v) is 7.48. The molecule has 3 fully saturated rings. The van der Waals surface area contributed by atoms with E-state index in [1.807, 2.05) is 13.8 Å². The van der Waals surface area contributed by atoms with Crippen LogP contribution in [-0.4, -0.2) is 52.1 Å². The minimum Gasteiger partial charge on any atom is -0.472 e. The van der Waals surface area contributed by atoms with Crippen LogP contribution >= 0.6 is 0 Å². The third-order valence-electron chi connectivity index (χ3n) is 5.30. The van der Waals surface area contributed by atoms with Gasteiger partial charge in [0.2, 0.25) is 5.91 Å². The Morgan fingerprint density at radius 2 is 1.96 bits per heavy atom. The lowest BCUT2D eigenvalue weighted by molar-refractivity contribution is -0.140. The Labute approximate surface area is 143 Å². The summed E-state index contributed by atoms with van der Waals surface area (Å²) in [7, 11) is 0. The Hall–Kier alpha value is -1.85. The van der Waals surface area contributed by atoms with Crippen molar-refractivity contribution >= 4 is 11.7 Å². The zero-order valence-electron chi connectivity index (χ0n) is 14.5. The molecule has 1 aliphatic carbocycles. The van der Waals surface area contributed by atoms with Gasteiger partial charge in [-0.1, -0.05) is 0 Å². The molecule has 3 aliphatic rings. The topological polar surface area (TPSA) is 58.6 Å². The number of likely N-dealkylation sites (tertiary alicyclic amines) is 1. The van der Waals surface area contributed by atoms with Crippen LogP contribution in [0.15, 0.2) is 12.4 Å². The maximum absolute atomic E-state index is 12.3. The average Bonchev–Trinajstić information content (AvgIpc) is 3.39. The number of nitrogens with zero attached hydrogens (tertiary/aromatic N) is 4. The molecular weight excluding hydrogens is 304 g/mol. The number of hydrogen-bond donors (Lipinski definition) is 0. The predicted molar refractivity (Wildman–Crippen MR) is 91.0 cm³/mol. The van der Waals surface area contributed by atoms with Gasteiger partial charge in [-0.15, -0.1) is 0 Å². The fourth-order valence-corrected chi connectivity index (χ4v) is 4.15. The van der Waals surface area contributed by atoms with Crippen LogP contribution in [0.5, 0.6) is 5.88 Å². The van der Waals surface area contributed by atoms with Crippen molar-refractivity contribution < 1.29 is 9.53 Å². The number of aromatic nitrogens is 2. The Bertz CT molecular complexity index is 617. The van der Waals surface area contributed by atoms with Gasteiger partial charge in [-0.3, -0.25) is 4.79 Å². The number of carbonyl (C=O) groups excluding carboxylic acids is 1. The number of amides is 1. The van der Waals surface area contributed by atoms with Crippen LogP contribution in [0.3, 0.4) is 0 Å². The first-order valence-electron chi connectivity index (χ1n) is 9.17. The Morgan fingerprint density at radius 1 is 1.17 bits per heavy atom. The molecule has 4 rings (SSSR count). The van der Waals surface area contributed by atoms with Crippen molar-refractivity contribution in [3.8, 4) is 5.88 Å². The van der Waals surface area contributed by atoms with E-state index in [1.165, 1.54) is 12.8 Å². The molecule has 2 atom stereocenters. The molecule has 0 bridgehead atoms. The minimum absolute atomic E-state index is 0.0793. The van der Waals surface area contributed by atoms with Crippen LogP contribution in [0.1, 0.15) is 46.0 Å². The average molecular weight is 330 g/mol. The summed E-state index contributed by atoms with van der Waals surface area (Å²) in [5.41, 5.74) is 0. The quantitative estimate of drug-likeness (QED) is 0.847. The third kappa shape index (κ3) is 2.94. The fourth-order valence-electron chi connectivity index (χ4n) is 4.15. The Morgan fingerprint density at radius 3 is 2.71 bits per heavy atom. The van der Waals surface area contributed by atoms with Crippen molar-refractivity contribution in [2.24, 2.45) is 5.92 Å². The van der Waals surface area contributed by atoms with E-state index in [0.29, 0.717) is 36.2 Å². The summed E-state index contributed by atoms with van der Waals surface area (Å²) >= 11 is 0. The number of piperidine rings is 2. The molecule has 6 heteroatoms. The number of rotatable bonds is 4. The summed E-state index contributed by atoms with van der Waals surface area (Å²) in [4.78, 5) is 25.7. The molecule has 130 valence electrons. The Kier molecular flexibility index (Phi) is 4.06. The summed E-state index contributed by atoms with van der Waals surface area (Å²) < 4.78 is 5.84. The second-order valence-electron chi connectivity index (χ2n) is 7.48. The van der Waals surface area contributed by atoms with Crippen molar-refractivity contribution in [2.75, 3.05) is 18.0 Å². The Balaban J connectivity index is 1.52. The van der Waals surface area contributed by atoms with Crippen molar-refractivity contribution in [2.45, 2.75) is 64.1 Å². The van der Waals surface area contributed by atoms with Gasteiger partial charge in [0.15, 0.2) is 5.82 Å². The van der Waals surface area contributed by atoms with Crippen LogP contribution in [0.4, 0.5) is 5.82 Å². The molecule has 0 spiro atoms. The van der Waals surface area contributed by atoms with Crippen LogP contribution in [0, 0.1) is 5.92 Å². The van der Waals surface area contributed by atoms with Gasteiger partial charge in [0.25, 0.3) is 5.88 Å². The molecule has 6 nitrogen and oxygen atoms in total. The molecule has 0 aromatic carbocycles. The normalized spacial score (nSPS) is 27.4. The SMILES string of the molecule is CC(C)Oc1nccnc1N1CC[C@H]2[C@H](CCC(=O)N2C2CC2)C1. The lowest BCUT2D eigenvalue weighted by Gasteiger charge is -2.47. The van der Waals surface area contributed by atoms with E-state index < -0.39 is 0 Å². The molecule has 1 amide bonds. The minimum atomic E-state index is 0.0793. The molecule has 1 aromatic heterocycles. The van der Waals surface area contributed by atoms with E-state index >= 15 is 0 Å². The molecule has 2 saturated heterocycles. The van der Waals surface area contributed by atoms with Crippen molar-refractivity contribution in [1.29, 1.82) is 0 Å². The van der Waals surface area contributed by atoms with Crippen LogP contribution < -0.4 is 9.64 Å². The van der Waals surface area contributed by atoms with Crippen LogP contribution in [0.25, 0.3) is 0 Å². The molecular formula is C18H26N4O2. The van der Waals surface area contributed by atoms with Gasteiger partial charge in [0.1, 0.15) is 0 Å². The maximum Gasteiger partial charge on any atom is 0.257 e. The fraction of sp³-hybridized carbons (Fsp3) is 0.722. The first-order valence-corrected chi connectivity index (χ1v) is 9.17. The highest BCUT2D eigenvalue weighted by molar-refractivity contribution is 5.78. The lowest BCUT2D eigenvalue weighted by atomic mass is 9.83. The first kappa shape index (κ1) is 15.7. The molecule has 0 radical (unpaired) electrons. The number of hydrogen-bond acceptors (Lipinski definition) is 5. The van der Waals surface area contributed by atoms with Gasteiger partial charge < -0.3 is 14.5 Å². The van der Waals surface area contributed by atoms with E-state index in [1.54, 1.807) is 12.4 Å². The zero-order chi connectivity index (χ0) is 16.7. The number of anilines is 1. The van der Waals surface area contributed by atoms with Gasteiger partial charge in [-0.25, -0.2) is 9.97 Å². The highest BCUT2D eigenvalue weighted by Crippen LogP contribution is 2.40. The van der Waals surface area contributed by atoms with Crippen molar-refractivity contribution in [3.63, 3.8) is 0 Å².